The molecule has 0 saturated carbocycles. The maximum atomic E-state index is 5.95. The van der Waals surface area contributed by atoms with E-state index >= 15 is 0 Å². The molecule has 114 valence electrons. The lowest BCUT2D eigenvalue weighted by Crippen LogP contribution is -2.03. The highest BCUT2D eigenvalue weighted by molar-refractivity contribution is 5.93. The van der Waals surface area contributed by atoms with Gasteiger partial charge in [0.25, 0.3) is 0 Å². The van der Waals surface area contributed by atoms with Crippen molar-refractivity contribution in [2.45, 2.75) is 6.54 Å². The number of rotatable bonds is 4. The summed E-state index contributed by atoms with van der Waals surface area (Å²) in [5, 5.41) is 8.62. The highest BCUT2D eigenvalue weighted by Crippen LogP contribution is 2.26. The number of nitrogen functional groups attached to an aromatic ring is 1. The van der Waals surface area contributed by atoms with Crippen LogP contribution in [0, 0.1) is 0 Å². The number of hydrogen-bond acceptors (Lipinski definition) is 5. The average Bonchev–Trinajstić information content (AvgIpc) is 3.25. The quantitative estimate of drug-likeness (QED) is 0.537. The first-order valence-electron chi connectivity index (χ1n) is 7.21. The highest BCUT2D eigenvalue weighted by atomic mass is 15.3. The fraction of sp³-hybridized carbons (Fsp3) is 0.0625. The minimum Gasteiger partial charge on any atom is -0.384 e. The molecule has 0 spiro atoms. The molecular formula is C16H15N7. The van der Waals surface area contributed by atoms with Crippen molar-refractivity contribution >= 4 is 22.4 Å². The first-order chi connectivity index (χ1) is 11.3. The zero-order valence-corrected chi connectivity index (χ0v) is 12.3. The predicted octanol–water partition coefficient (Wildman–Crippen LogP) is 2.34. The van der Waals surface area contributed by atoms with Crippen LogP contribution >= 0.6 is 0 Å². The van der Waals surface area contributed by atoms with E-state index < -0.39 is 0 Å². The van der Waals surface area contributed by atoms with E-state index in [0.29, 0.717) is 12.4 Å². The lowest BCUT2D eigenvalue weighted by atomic mass is 10.1. The van der Waals surface area contributed by atoms with Crippen molar-refractivity contribution in [3.63, 3.8) is 0 Å². The minimum atomic E-state index is 0.474. The zero-order valence-electron chi connectivity index (χ0n) is 12.3. The largest absolute Gasteiger partial charge is 0.384 e. The smallest absolute Gasteiger partial charge is 0.126 e. The first kappa shape index (κ1) is 13.3. The van der Waals surface area contributed by atoms with Gasteiger partial charge in [0.2, 0.25) is 0 Å². The maximum absolute atomic E-state index is 5.95. The number of pyridine rings is 1. The molecule has 4 N–H and O–H groups in total. The molecule has 0 unspecified atom stereocenters. The number of hydrogen-bond donors (Lipinski definition) is 3. The van der Waals surface area contributed by atoms with Crippen LogP contribution in [0.2, 0.25) is 0 Å². The van der Waals surface area contributed by atoms with Crippen LogP contribution in [0.5, 0.6) is 0 Å². The number of aromatic amines is 1. The predicted molar refractivity (Wildman–Crippen MR) is 89.2 cm³/mol. The molecule has 0 saturated heterocycles. The van der Waals surface area contributed by atoms with Gasteiger partial charge in [-0.2, -0.15) is 5.10 Å². The molecule has 0 amide bonds. The van der Waals surface area contributed by atoms with Crippen molar-refractivity contribution in [2.75, 3.05) is 11.1 Å². The molecule has 4 rings (SSSR count). The number of fused-ring (bicyclic) bond motifs is 1. The summed E-state index contributed by atoms with van der Waals surface area (Å²) in [5.74, 6) is 0.474. The Hall–Kier alpha value is -3.35. The molecule has 0 fully saturated rings. The summed E-state index contributed by atoms with van der Waals surface area (Å²) >= 11 is 0. The fourth-order valence-electron chi connectivity index (χ4n) is 2.52. The number of nitrogens with zero attached hydrogens (tertiary/aromatic N) is 4. The summed E-state index contributed by atoms with van der Waals surface area (Å²) < 4.78 is 1.79. The lowest BCUT2D eigenvalue weighted by molar-refractivity contribution is 0.882. The van der Waals surface area contributed by atoms with Crippen LogP contribution in [0.15, 0.2) is 55.2 Å². The van der Waals surface area contributed by atoms with Crippen LogP contribution in [0.3, 0.4) is 0 Å². The molecule has 1 aromatic carbocycles. The minimum absolute atomic E-state index is 0.474. The van der Waals surface area contributed by atoms with Crippen molar-refractivity contribution in [1.29, 1.82) is 0 Å². The number of anilines is 2. The second-order valence-electron chi connectivity index (χ2n) is 5.18. The highest BCUT2D eigenvalue weighted by Gasteiger charge is 2.07. The Morgan fingerprint density at radius 1 is 1.26 bits per heavy atom. The normalized spacial score (nSPS) is 11.0. The Kier molecular flexibility index (Phi) is 3.16. The van der Waals surface area contributed by atoms with E-state index in [1.54, 1.807) is 23.4 Å². The Bertz CT molecular complexity index is 927. The van der Waals surface area contributed by atoms with Gasteiger partial charge < -0.3 is 16.0 Å². The van der Waals surface area contributed by atoms with Crippen LogP contribution in [-0.2, 0) is 6.54 Å². The van der Waals surface area contributed by atoms with Gasteiger partial charge in [-0.15, -0.1) is 0 Å². The number of aromatic nitrogens is 5. The summed E-state index contributed by atoms with van der Waals surface area (Å²) in [7, 11) is 0. The number of nitrogens with one attached hydrogen (secondary N) is 2. The molecule has 0 atom stereocenters. The summed E-state index contributed by atoms with van der Waals surface area (Å²) in [6.07, 6.45) is 7.08. The van der Waals surface area contributed by atoms with Gasteiger partial charge in [-0.25, -0.2) is 14.6 Å². The van der Waals surface area contributed by atoms with E-state index in [1.165, 1.54) is 0 Å². The standard InChI is InChI=1S/C16H15N7/c17-16-7-14(19-9-11-8-18-10-20-11)13-3-2-12(6-15(13)22-16)23-5-1-4-21-23/h1-8,10H,9H2,(H,18,20)(H3,17,19,22). The molecule has 3 heterocycles. The Labute approximate surface area is 132 Å². The Morgan fingerprint density at radius 3 is 3.00 bits per heavy atom. The van der Waals surface area contributed by atoms with E-state index in [-0.39, 0.29) is 0 Å². The van der Waals surface area contributed by atoms with Crippen molar-refractivity contribution in [3.05, 3.63) is 60.9 Å². The zero-order chi connectivity index (χ0) is 15.6. The average molecular weight is 305 g/mol. The SMILES string of the molecule is Nc1cc(NCc2cnc[nH]2)c2ccc(-n3cccn3)cc2n1. The van der Waals surface area contributed by atoms with Crippen LogP contribution in [0.25, 0.3) is 16.6 Å². The van der Waals surface area contributed by atoms with Crippen LogP contribution < -0.4 is 11.1 Å². The first-order valence-corrected chi connectivity index (χ1v) is 7.21. The molecule has 3 aromatic heterocycles. The molecule has 4 aromatic rings. The summed E-state index contributed by atoms with van der Waals surface area (Å²) in [6, 6.07) is 9.73. The van der Waals surface area contributed by atoms with Crippen LogP contribution in [-0.4, -0.2) is 24.7 Å². The maximum Gasteiger partial charge on any atom is 0.126 e. The monoisotopic (exact) mass is 305 g/mol. The number of nitrogens with two attached hydrogens (primary N) is 1. The van der Waals surface area contributed by atoms with Gasteiger partial charge in [0, 0.05) is 35.7 Å². The fourth-order valence-corrected chi connectivity index (χ4v) is 2.52. The summed E-state index contributed by atoms with van der Waals surface area (Å²) in [6.45, 7) is 0.638. The Balaban J connectivity index is 1.73. The summed E-state index contributed by atoms with van der Waals surface area (Å²) in [5.41, 5.74) is 9.66. The number of imidazole rings is 1. The molecule has 7 nitrogen and oxygen atoms in total. The van der Waals surface area contributed by atoms with Crippen molar-refractivity contribution in [3.8, 4) is 5.69 Å². The molecule has 0 aliphatic carbocycles. The molecule has 0 aliphatic heterocycles. The molecule has 7 heteroatoms. The van der Waals surface area contributed by atoms with Gasteiger partial charge in [0.05, 0.1) is 29.8 Å². The summed E-state index contributed by atoms with van der Waals surface area (Å²) in [4.78, 5) is 11.5. The third kappa shape index (κ3) is 2.59. The van der Waals surface area contributed by atoms with Gasteiger partial charge in [-0.1, -0.05) is 0 Å². The lowest BCUT2D eigenvalue weighted by Gasteiger charge is -2.11. The molecular weight excluding hydrogens is 290 g/mol. The van der Waals surface area contributed by atoms with Crippen molar-refractivity contribution in [2.24, 2.45) is 0 Å². The van der Waals surface area contributed by atoms with Crippen molar-refractivity contribution in [1.82, 2.24) is 24.7 Å². The van der Waals surface area contributed by atoms with Crippen molar-refractivity contribution < 1.29 is 0 Å². The van der Waals surface area contributed by atoms with Crippen LogP contribution in [0.1, 0.15) is 5.69 Å². The third-order valence-corrected chi connectivity index (χ3v) is 3.61. The van der Waals surface area contributed by atoms with Gasteiger partial charge in [0.1, 0.15) is 5.82 Å². The molecule has 0 aliphatic rings. The number of H-pyrrole nitrogens is 1. The molecule has 0 radical (unpaired) electrons. The Morgan fingerprint density at radius 2 is 2.22 bits per heavy atom. The van der Waals surface area contributed by atoms with Gasteiger partial charge in [-0.3, -0.25) is 0 Å². The van der Waals surface area contributed by atoms with E-state index in [2.05, 4.69) is 25.4 Å². The van der Waals surface area contributed by atoms with Gasteiger partial charge in [0.15, 0.2) is 0 Å². The van der Waals surface area contributed by atoms with Gasteiger partial charge in [-0.05, 0) is 24.3 Å². The second kappa shape index (κ2) is 5.45. The second-order valence-corrected chi connectivity index (χ2v) is 5.18. The topological polar surface area (TPSA) is 97.4 Å². The number of benzene rings is 1. The van der Waals surface area contributed by atoms with E-state index in [4.69, 9.17) is 5.73 Å². The van der Waals surface area contributed by atoms with Crippen LogP contribution in [0.4, 0.5) is 11.5 Å². The third-order valence-electron chi connectivity index (χ3n) is 3.61. The molecule has 0 bridgehead atoms. The molecule has 23 heavy (non-hydrogen) atoms. The van der Waals surface area contributed by atoms with E-state index in [0.717, 1.165) is 28.0 Å². The van der Waals surface area contributed by atoms with E-state index in [9.17, 15) is 0 Å². The van der Waals surface area contributed by atoms with E-state index in [1.807, 2.05) is 36.5 Å². The van der Waals surface area contributed by atoms with Gasteiger partial charge >= 0.3 is 0 Å².